The van der Waals surface area contributed by atoms with Crippen molar-refractivity contribution in [3.05, 3.63) is 34.9 Å². The molecule has 0 aromatic heterocycles. The van der Waals surface area contributed by atoms with E-state index in [9.17, 15) is 18.0 Å². The summed E-state index contributed by atoms with van der Waals surface area (Å²) in [6.07, 6.45) is -1.74. The maximum atomic E-state index is 13.0. The van der Waals surface area contributed by atoms with E-state index in [0.29, 0.717) is 19.5 Å². The maximum absolute atomic E-state index is 13.0. The van der Waals surface area contributed by atoms with Gasteiger partial charge in [0.05, 0.1) is 5.56 Å². The number of hydrogen-bond acceptors (Lipinski definition) is 2. The lowest BCUT2D eigenvalue weighted by molar-refractivity contribution is -0.137. The molecule has 1 aromatic rings. The van der Waals surface area contributed by atoms with Crippen LogP contribution < -0.4 is 0 Å². The highest BCUT2D eigenvalue weighted by atomic mass is 19.4. The van der Waals surface area contributed by atoms with Crippen LogP contribution in [-0.4, -0.2) is 29.7 Å². The summed E-state index contributed by atoms with van der Waals surface area (Å²) in [6, 6.07) is 4.09. The first-order chi connectivity index (χ1) is 12.0. The third-order valence-corrected chi connectivity index (χ3v) is 4.58. The molecule has 2 rings (SSSR count). The second-order valence-corrected chi connectivity index (χ2v) is 7.90. The standard InChI is InChI=1S/C20H28F3NO2/c1-5-6-15-13-16(20(21,22)23)7-8-17(15)14-9-11-24(12-10-14)18(25)26-19(2,3)4/h7-8,13-14H,5-6,9-12H2,1-4H3. The van der Waals surface area contributed by atoms with Gasteiger partial charge in [0.15, 0.2) is 0 Å². The molecule has 0 atom stereocenters. The third kappa shape index (κ3) is 5.39. The molecule has 0 unspecified atom stereocenters. The zero-order valence-electron chi connectivity index (χ0n) is 15.9. The quantitative estimate of drug-likeness (QED) is 0.675. The van der Waals surface area contributed by atoms with Gasteiger partial charge in [0.1, 0.15) is 5.60 Å². The highest BCUT2D eigenvalue weighted by Crippen LogP contribution is 2.36. The van der Waals surface area contributed by atoms with Crippen LogP contribution in [0, 0.1) is 0 Å². The molecule has 1 aliphatic rings. The summed E-state index contributed by atoms with van der Waals surface area (Å²) in [6.45, 7) is 8.58. The Kier molecular flexibility index (Phi) is 6.25. The Hall–Kier alpha value is -1.72. The van der Waals surface area contributed by atoms with Crippen LogP contribution in [0.2, 0.25) is 0 Å². The molecule has 0 saturated carbocycles. The Morgan fingerprint density at radius 2 is 1.81 bits per heavy atom. The average molecular weight is 371 g/mol. The first-order valence-corrected chi connectivity index (χ1v) is 9.19. The molecule has 0 spiro atoms. The van der Waals surface area contributed by atoms with Crippen molar-refractivity contribution < 1.29 is 22.7 Å². The Balaban J connectivity index is 2.10. The second kappa shape index (κ2) is 7.89. The van der Waals surface area contributed by atoms with Crippen LogP contribution in [0.1, 0.15) is 69.6 Å². The zero-order valence-corrected chi connectivity index (χ0v) is 15.9. The highest BCUT2D eigenvalue weighted by molar-refractivity contribution is 5.68. The monoisotopic (exact) mass is 371 g/mol. The first-order valence-electron chi connectivity index (χ1n) is 9.19. The van der Waals surface area contributed by atoms with E-state index in [-0.39, 0.29) is 12.0 Å². The lowest BCUT2D eigenvalue weighted by Crippen LogP contribution is -2.41. The van der Waals surface area contributed by atoms with Gasteiger partial charge in [-0.25, -0.2) is 4.79 Å². The van der Waals surface area contributed by atoms with Gasteiger partial charge in [0.2, 0.25) is 0 Å². The molecule has 1 aromatic carbocycles. The Bertz CT molecular complexity index is 627. The number of piperidine rings is 1. The summed E-state index contributed by atoms with van der Waals surface area (Å²) in [4.78, 5) is 13.8. The molecule has 1 saturated heterocycles. The number of alkyl halides is 3. The summed E-state index contributed by atoms with van der Waals surface area (Å²) in [7, 11) is 0. The molecule has 26 heavy (non-hydrogen) atoms. The summed E-state index contributed by atoms with van der Waals surface area (Å²) < 4.78 is 44.4. The van der Waals surface area contributed by atoms with E-state index in [1.807, 2.05) is 27.7 Å². The lowest BCUT2D eigenvalue weighted by atomic mass is 9.84. The smallest absolute Gasteiger partial charge is 0.416 e. The van der Waals surface area contributed by atoms with Crippen molar-refractivity contribution in [2.24, 2.45) is 0 Å². The van der Waals surface area contributed by atoms with Crippen LogP contribution in [-0.2, 0) is 17.3 Å². The fraction of sp³-hybridized carbons (Fsp3) is 0.650. The van der Waals surface area contributed by atoms with Crippen molar-refractivity contribution >= 4 is 6.09 Å². The molecule has 0 N–H and O–H groups in total. The molecule has 1 amide bonds. The fourth-order valence-electron chi connectivity index (χ4n) is 3.37. The van der Waals surface area contributed by atoms with Crippen LogP contribution in [0.4, 0.5) is 18.0 Å². The first kappa shape index (κ1) is 20.6. The molecule has 0 aliphatic carbocycles. The van der Waals surface area contributed by atoms with Crippen molar-refractivity contribution in [3.8, 4) is 0 Å². The number of likely N-dealkylation sites (tertiary alicyclic amines) is 1. The van der Waals surface area contributed by atoms with E-state index >= 15 is 0 Å². The second-order valence-electron chi connectivity index (χ2n) is 7.90. The van der Waals surface area contributed by atoms with Crippen LogP contribution >= 0.6 is 0 Å². The fourth-order valence-corrected chi connectivity index (χ4v) is 3.37. The Morgan fingerprint density at radius 1 is 1.19 bits per heavy atom. The van der Waals surface area contributed by atoms with Gasteiger partial charge in [-0.2, -0.15) is 13.2 Å². The van der Waals surface area contributed by atoms with Crippen molar-refractivity contribution in [3.63, 3.8) is 0 Å². The number of nitrogens with zero attached hydrogens (tertiary/aromatic N) is 1. The van der Waals surface area contributed by atoms with Crippen LogP contribution in [0.25, 0.3) is 0 Å². The normalized spacial score (nSPS) is 16.7. The number of rotatable bonds is 3. The molecule has 6 heteroatoms. The van der Waals surface area contributed by atoms with E-state index in [2.05, 4.69) is 0 Å². The van der Waals surface area contributed by atoms with E-state index in [1.165, 1.54) is 12.1 Å². The summed E-state index contributed by atoms with van der Waals surface area (Å²) in [5.74, 6) is 0.178. The zero-order chi connectivity index (χ0) is 19.5. The van der Waals surface area contributed by atoms with Gasteiger partial charge in [-0.15, -0.1) is 0 Å². The Morgan fingerprint density at radius 3 is 2.31 bits per heavy atom. The molecule has 1 heterocycles. The van der Waals surface area contributed by atoms with Gasteiger partial charge >= 0.3 is 12.3 Å². The van der Waals surface area contributed by atoms with E-state index in [4.69, 9.17) is 4.74 Å². The summed E-state index contributed by atoms with van der Waals surface area (Å²) in [5.41, 5.74) is 0.646. The molecule has 0 bridgehead atoms. The molecular formula is C20H28F3NO2. The van der Waals surface area contributed by atoms with Crippen LogP contribution in [0.15, 0.2) is 18.2 Å². The van der Waals surface area contributed by atoms with E-state index in [1.54, 1.807) is 11.0 Å². The van der Waals surface area contributed by atoms with Crippen molar-refractivity contribution in [1.82, 2.24) is 4.90 Å². The van der Waals surface area contributed by atoms with E-state index in [0.717, 1.165) is 30.4 Å². The maximum Gasteiger partial charge on any atom is 0.416 e. The predicted molar refractivity (Wildman–Crippen MR) is 95.2 cm³/mol. The van der Waals surface area contributed by atoms with Gasteiger partial charge in [-0.1, -0.05) is 19.4 Å². The minimum absolute atomic E-state index is 0.178. The van der Waals surface area contributed by atoms with Crippen molar-refractivity contribution in [2.75, 3.05) is 13.1 Å². The third-order valence-electron chi connectivity index (χ3n) is 4.58. The lowest BCUT2D eigenvalue weighted by Gasteiger charge is -2.34. The largest absolute Gasteiger partial charge is 0.444 e. The number of carbonyl (C=O) groups is 1. The average Bonchev–Trinajstić information content (AvgIpc) is 2.53. The minimum atomic E-state index is -4.32. The number of halogens is 3. The minimum Gasteiger partial charge on any atom is -0.444 e. The number of carbonyl (C=O) groups excluding carboxylic acids is 1. The molecule has 3 nitrogen and oxygen atoms in total. The number of hydrogen-bond donors (Lipinski definition) is 0. The molecule has 146 valence electrons. The van der Waals surface area contributed by atoms with Crippen LogP contribution in [0.3, 0.4) is 0 Å². The predicted octanol–water partition coefficient (Wildman–Crippen LogP) is 5.77. The van der Waals surface area contributed by atoms with Crippen LogP contribution in [0.5, 0.6) is 0 Å². The number of amides is 1. The molecule has 0 radical (unpaired) electrons. The van der Waals surface area contributed by atoms with Gasteiger partial charge in [-0.05, 0) is 69.2 Å². The van der Waals surface area contributed by atoms with Gasteiger partial charge < -0.3 is 9.64 Å². The number of benzene rings is 1. The molecule has 1 aliphatic heterocycles. The molecular weight excluding hydrogens is 343 g/mol. The highest BCUT2D eigenvalue weighted by Gasteiger charge is 2.32. The number of ether oxygens (including phenoxy) is 1. The van der Waals surface area contributed by atoms with Gasteiger partial charge in [0, 0.05) is 13.1 Å². The summed E-state index contributed by atoms with van der Waals surface area (Å²) >= 11 is 0. The summed E-state index contributed by atoms with van der Waals surface area (Å²) in [5, 5.41) is 0. The Labute approximate surface area is 153 Å². The number of aryl methyl sites for hydroxylation is 1. The van der Waals surface area contributed by atoms with E-state index < -0.39 is 17.3 Å². The van der Waals surface area contributed by atoms with Gasteiger partial charge in [0.25, 0.3) is 0 Å². The van der Waals surface area contributed by atoms with Crippen molar-refractivity contribution in [1.29, 1.82) is 0 Å². The topological polar surface area (TPSA) is 29.5 Å². The van der Waals surface area contributed by atoms with Gasteiger partial charge in [-0.3, -0.25) is 0 Å². The SMILES string of the molecule is CCCc1cc(C(F)(F)F)ccc1C1CCN(C(=O)OC(C)(C)C)CC1. The van der Waals surface area contributed by atoms with Crippen molar-refractivity contribution in [2.45, 2.75) is 71.1 Å². The molecule has 1 fully saturated rings.